The normalized spacial score (nSPS) is 11.1. The van der Waals surface area contributed by atoms with E-state index in [4.69, 9.17) is 9.15 Å². The highest BCUT2D eigenvalue weighted by Crippen LogP contribution is 2.26. The Kier molecular flexibility index (Phi) is 4.26. The summed E-state index contributed by atoms with van der Waals surface area (Å²) in [6.07, 6.45) is 4.77. The van der Waals surface area contributed by atoms with Crippen LogP contribution in [0.4, 0.5) is 0 Å². The van der Waals surface area contributed by atoms with E-state index < -0.39 is 5.97 Å². The fourth-order valence-electron chi connectivity index (χ4n) is 2.45. The molecule has 0 aliphatic heterocycles. The first kappa shape index (κ1) is 15.8. The first-order valence-corrected chi connectivity index (χ1v) is 8.05. The van der Waals surface area contributed by atoms with Crippen molar-refractivity contribution in [1.82, 2.24) is 9.97 Å². The second-order valence-corrected chi connectivity index (χ2v) is 5.53. The SMILES string of the molecule is O=C(/C=C/c1ccccc1)Oc1ccc2nc(-c3ccccn3)oc2c1. The van der Waals surface area contributed by atoms with E-state index in [1.165, 1.54) is 6.08 Å². The van der Waals surface area contributed by atoms with Gasteiger partial charge in [0.1, 0.15) is 17.0 Å². The van der Waals surface area contributed by atoms with Gasteiger partial charge in [-0.3, -0.25) is 4.98 Å². The number of benzene rings is 2. The van der Waals surface area contributed by atoms with Crippen LogP contribution in [0.25, 0.3) is 28.8 Å². The van der Waals surface area contributed by atoms with Crippen LogP contribution in [0.5, 0.6) is 5.75 Å². The maximum absolute atomic E-state index is 12.0. The number of oxazole rings is 1. The summed E-state index contributed by atoms with van der Waals surface area (Å²) in [5, 5.41) is 0. The van der Waals surface area contributed by atoms with Gasteiger partial charge >= 0.3 is 5.97 Å². The lowest BCUT2D eigenvalue weighted by Crippen LogP contribution is -2.03. The van der Waals surface area contributed by atoms with Crippen molar-refractivity contribution in [3.8, 4) is 17.3 Å². The largest absolute Gasteiger partial charge is 0.435 e. The van der Waals surface area contributed by atoms with Crippen molar-refractivity contribution < 1.29 is 13.9 Å². The van der Waals surface area contributed by atoms with Gasteiger partial charge in [0.15, 0.2) is 5.58 Å². The zero-order chi connectivity index (χ0) is 17.8. The van der Waals surface area contributed by atoms with Crippen LogP contribution < -0.4 is 4.74 Å². The molecule has 0 N–H and O–H groups in total. The summed E-state index contributed by atoms with van der Waals surface area (Å²) in [6, 6.07) is 20.1. The minimum atomic E-state index is -0.460. The Morgan fingerprint density at radius 1 is 1.00 bits per heavy atom. The highest BCUT2D eigenvalue weighted by atomic mass is 16.5. The van der Waals surface area contributed by atoms with E-state index in [1.54, 1.807) is 30.5 Å². The van der Waals surface area contributed by atoms with Gasteiger partial charge in [-0.25, -0.2) is 9.78 Å². The number of esters is 1. The number of carbonyl (C=O) groups excluding carboxylic acids is 1. The molecule has 0 fully saturated rings. The van der Waals surface area contributed by atoms with Gasteiger partial charge in [-0.2, -0.15) is 0 Å². The molecule has 5 nitrogen and oxygen atoms in total. The number of aromatic nitrogens is 2. The molecule has 126 valence electrons. The number of rotatable bonds is 4. The molecule has 0 saturated carbocycles. The molecule has 26 heavy (non-hydrogen) atoms. The number of pyridine rings is 1. The minimum Gasteiger partial charge on any atom is -0.435 e. The van der Waals surface area contributed by atoms with Crippen molar-refractivity contribution in [3.63, 3.8) is 0 Å². The van der Waals surface area contributed by atoms with Gasteiger partial charge in [0.2, 0.25) is 5.89 Å². The van der Waals surface area contributed by atoms with E-state index in [9.17, 15) is 4.79 Å². The standard InChI is InChI=1S/C21H14N2O3/c24-20(12-9-15-6-2-1-3-7-15)25-16-10-11-17-19(14-16)26-21(23-17)18-8-4-5-13-22-18/h1-14H/b12-9+. The third kappa shape index (κ3) is 3.52. The maximum atomic E-state index is 12.0. The van der Waals surface area contributed by atoms with Crippen LogP contribution in [0.15, 0.2) is 83.4 Å². The van der Waals surface area contributed by atoms with Crippen LogP contribution in [0.1, 0.15) is 5.56 Å². The smallest absolute Gasteiger partial charge is 0.336 e. The molecule has 4 aromatic rings. The molecule has 5 heteroatoms. The summed E-state index contributed by atoms with van der Waals surface area (Å²) in [4.78, 5) is 20.6. The highest BCUT2D eigenvalue weighted by Gasteiger charge is 2.10. The van der Waals surface area contributed by atoms with Crippen LogP contribution in [-0.2, 0) is 4.79 Å². The summed E-state index contributed by atoms with van der Waals surface area (Å²) in [6.45, 7) is 0. The summed E-state index contributed by atoms with van der Waals surface area (Å²) >= 11 is 0. The average molecular weight is 342 g/mol. The summed E-state index contributed by atoms with van der Waals surface area (Å²) < 4.78 is 11.1. The van der Waals surface area contributed by atoms with E-state index >= 15 is 0 Å². The number of hydrogen-bond acceptors (Lipinski definition) is 5. The monoisotopic (exact) mass is 342 g/mol. The van der Waals surface area contributed by atoms with Crippen LogP contribution >= 0.6 is 0 Å². The third-order valence-electron chi connectivity index (χ3n) is 3.67. The first-order chi connectivity index (χ1) is 12.8. The lowest BCUT2D eigenvalue weighted by molar-refractivity contribution is -0.128. The van der Waals surface area contributed by atoms with Gasteiger partial charge in [-0.15, -0.1) is 0 Å². The van der Waals surface area contributed by atoms with Crippen molar-refractivity contribution in [2.45, 2.75) is 0 Å². The minimum absolute atomic E-state index is 0.393. The molecule has 2 aromatic carbocycles. The van der Waals surface area contributed by atoms with Crippen LogP contribution in [0.3, 0.4) is 0 Å². The molecular weight excluding hydrogens is 328 g/mol. The summed E-state index contributed by atoms with van der Waals surface area (Å²) in [5.74, 6) is 0.356. The molecule has 2 heterocycles. The molecule has 0 aliphatic carbocycles. The lowest BCUT2D eigenvalue weighted by Gasteiger charge is -2.00. The highest BCUT2D eigenvalue weighted by molar-refractivity contribution is 5.89. The predicted molar refractivity (Wildman–Crippen MR) is 98.4 cm³/mol. The van der Waals surface area contributed by atoms with Gasteiger partial charge in [0, 0.05) is 18.3 Å². The Morgan fingerprint density at radius 2 is 1.85 bits per heavy atom. The second-order valence-electron chi connectivity index (χ2n) is 5.53. The van der Waals surface area contributed by atoms with E-state index in [0.29, 0.717) is 28.4 Å². The van der Waals surface area contributed by atoms with E-state index in [2.05, 4.69) is 9.97 Å². The molecule has 4 rings (SSSR count). The van der Waals surface area contributed by atoms with Crippen molar-refractivity contribution in [2.75, 3.05) is 0 Å². The number of fused-ring (bicyclic) bond motifs is 1. The van der Waals surface area contributed by atoms with Gasteiger partial charge in [-0.1, -0.05) is 36.4 Å². The maximum Gasteiger partial charge on any atom is 0.336 e. The van der Waals surface area contributed by atoms with Crippen molar-refractivity contribution >= 4 is 23.1 Å². The molecule has 2 aromatic heterocycles. The number of ether oxygens (including phenoxy) is 1. The van der Waals surface area contributed by atoms with E-state index in [1.807, 2.05) is 48.5 Å². The van der Waals surface area contributed by atoms with E-state index in [0.717, 1.165) is 5.56 Å². The molecule has 0 saturated heterocycles. The van der Waals surface area contributed by atoms with E-state index in [-0.39, 0.29) is 0 Å². The van der Waals surface area contributed by atoms with Crippen molar-refractivity contribution in [2.24, 2.45) is 0 Å². The number of carbonyl (C=O) groups is 1. The molecule has 0 atom stereocenters. The first-order valence-electron chi connectivity index (χ1n) is 8.05. The zero-order valence-electron chi connectivity index (χ0n) is 13.7. The van der Waals surface area contributed by atoms with Gasteiger partial charge in [0.05, 0.1) is 0 Å². The average Bonchev–Trinajstić information content (AvgIpc) is 3.11. The van der Waals surface area contributed by atoms with Crippen molar-refractivity contribution in [1.29, 1.82) is 0 Å². The zero-order valence-corrected chi connectivity index (χ0v) is 13.7. The molecule has 0 amide bonds. The van der Waals surface area contributed by atoms with Gasteiger partial charge < -0.3 is 9.15 Å². The molecule has 0 spiro atoms. The quantitative estimate of drug-likeness (QED) is 0.310. The molecule has 0 radical (unpaired) electrons. The molecule has 0 bridgehead atoms. The lowest BCUT2D eigenvalue weighted by atomic mass is 10.2. The molecule has 0 aliphatic rings. The van der Waals surface area contributed by atoms with Crippen LogP contribution in [0.2, 0.25) is 0 Å². The van der Waals surface area contributed by atoms with Crippen molar-refractivity contribution in [3.05, 3.63) is 84.6 Å². The fraction of sp³-hybridized carbons (Fsp3) is 0. The predicted octanol–water partition coefficient (Wildman–Crippen LogP) is 4.51. The Morgan fingerprint density at radius 3 is 2.65 bits per heavy atom. The Bertz CT molecular complexity index is 1070. The fourth-order valence-corrected chi connectivity index (χ4v) is 2.45. The van der Waals surface area contributed by atoms with Gasteiger partial charge in [0.25, 0.3) is 0 Å². The summed E-state index contributed by atoms with van der Waals surface area (Å²) in [7, 11) is 0. The topological polar surface area (TPSA) is 65.2 Å². The van der Waals surface area contributed by atoms with Crippen LogP contribution in [-0.4, -0.2) is 15.9 Å². The Balaban J connectivity index is 1.52. The summed E-state index contributed by atoms with van der Waals surface area (Å²) in [5.41, 5.74) is 2.77. The Labute approximate surface area is 149 Å². The van der Waals surface area contributed by atoms with Crippen LogP contribution in [0, 0.1) is 0 Å². The Hall–Kier alpha value is -3.73. The third-order valence-corrected chi connectivity index (χ3v) is 3.67. The number of nitrogens with zero attached hydrogens (tertiary/aromatic N) is 2. The molecule has 0 unspecified atom stereocenters. The number of hydrogen-bond donors (Lipinski definition) is 0. The van der Waals surface area contributed by atoms with Gasteiger partial charge in [-0.05, 0) is 35.9 Å². The second kappa shape index (κ2) is 7.03. The molecular formula is C21H14N2O3.